The first kappa shape index (κ1) is 21.4. The highest BCUT2D eigenvalue weighted by Crippen LogP contribution is 2.35. The van der Waals surface area contributed by atoms with Gasteiger partial charge in [-0.05, 0) is 16.0 Å². The van der Waals surface area contributed by atoms with E-state index in [1.54, 1.807) is 30.3 Å². The minimum absolute atomic E-state index is 0.0316. The van der Waals surface area contributed by atoms with Crippen molar-refractivity contribution in [2.45, 2.75) is 0 Å². The molecule has 31 heavy (non-hydrogen) atoms. The van der Waals surface area contributed by atoms with Crippen molar-refractivity contribution in [1.82, 2.24) is 25.4 Å². The number of aromatic nitrogens is 5. The molecule has 0 radical (unpaired) electrons. The first-order chi connectivity index (χ1) is 14.9. The number of hydrogen-bond donors (Lipinski definition) is 0. The molecule has 12 heteroatoms. The summed E-state index contributed by atoms with van der Waals surface area (Å²) in [6.07, 6.45) is 0. The number of nitrogens with zero attached hydrogens (tertiary/aromatic N) is 5. The Labute approximate surface area is 175 Å². The van der Waals surface area contributed by atoms with Gasteiger partial charge in [-0.1, -0.05) is 35.5 Å². The van der Waals surface area contributed by atoms with Gasteiger partial charge < -0.3 is 18.7 Å². The maximum Gasteiger partial charge on any atom is 0.377 e. The molecule has 0 saturated heterocycles. The summed E-state index contributed by atoms with van der Waals surface area (Å²) in [6.45, 7) is 0. The molecule has 0 bridgehead atoms. The summed E-state index contributed by atoms with van der Waals surface area (Å²) in [7, 11) is 4.94. The molecule has 0 aliphatic carbocycles. The van der Waals surface area contributed by atoms with E-state index in [-0.39, 0.29) is 28.2 Å². The third kappa shape index (κ3) is 3.90. The van der Waals surface area contributed by atoms with Crippen molar-refractivity contribution in [3.8, 4) is 0 Å². The zero-order chi connectivity index (χ0) is 22.5. The second-order valence-electron chi connectivity index (χ2n) is 5.95. The van der Waals surface area contributed by atoms with Gasteiger partial charge in [-0.3, -0.25) is 0 Å². The van der Waals surface area contributed by atoms with Crippen molar-refractivity contribution in [2.24, 2.45) is 7.05 Å². The van der Waals surface area contributed by atoms with Gasteiger partial charge in [0.05, 0.1) is 21.3 Å². The molecule has 2 heterocycles. The van der Waals surface area contributed by atoms with Gasteiger partial charge in [0.25, 0.3) is 5.76 Å². The lowest BCUT2D eigenvalue weighted by molar-refractivity contribution is -0.133. The Hall–Kier alpha value is -4.35. The standard InChI is InChI=1S/C19H17N5O7/c1-24-16(20-22-23-24)12(17(25)28-2)11(10-8-6-5-7-9-10)14-13(18(26)29-3)15(31-21-14)19(27)30-4/h5-9H,1-4H3/b12-11+. The fourth-order valence-corrected chi connectivity index (χ4v) is 2.84. The third-order valence-corrected chi connectivity index (χ3v) is 4.23. The molecule has 160 valence electrons. The maximum atomic E-state index is 12.8. The highest BCUT2D eigenvalue weighted by Gasteiger charge is 2.35. The normalized spacial score (nSPS) is 11.5. The summed E-state index contributed by atoms with van der Waals surface area (Å²) in [4.78, 5) is 37.6. The number of carbonyl (C=O) groups excluding carboxylic acids is 3. The van der Waals surface area contributed by atoms with E-state index in [1.807, 2.05) is 0 Å². The van der Waals surface area contributed by atoms with Crippen LogP contribution in [0, 0.1) is 0 Å². The molecule has 1 aromatic carbocycles. The van der Waals surface area contributed by atoms with Crippen LogP contribution in [0.3, 0.4) is 0 Å². The van der Waals surface area contributed by atoms with Crippen LogP contribution in [-0.4, -0.2) is 64.6 Å². The molecule has 3 aromatic rings. The quantitative estimate of drug-likeness (QED) is 0.314. The molecular weight excluding hydrogens is 410 g/mol. The van der Waals surface area contributed by atoms with E-state index in [4.69, 9.17) is 14.0 Å². The Balaban J connectivity index is 2.48. The number of benzene rings is 1. The van der Waals surface area contributed by atoms with Crippen molar-refractivity contribution in [3.63, 3.8) is 0 Å². The molecule has 0 unspecified atom stereocenters. The van der Waals surface area contributed by atoms with E-state index in [2.05, 4.69) is 25.4 Å². The molecule has 3 rings (SSSR count). The lowest BCUT2D eigenvalue weighted by atomic mass is 9.93. The third-order valence-electron chi connectivity index (χ3n) is 4.23. The van der Waals surface area contributed by atoms with E-state index in [0.717, 1.165) is 14.2 Å². The number of hydrogen-bond acceptors (Lipinski definition) is 11. The molecule has 0 amide bonds. The summed E-state index contributed by atoms with van der Waals surface area (Å²) in [5, 5.41) is 15.1. The van der Waals surface area contributed by atoms with Crippen LogP contribution in [0.4, 0.5) is 0 Å². The fourth-order valence-electron chi connectivity index (χ4n) is 2.84. The monoisotopic (exact) mass is 427 g/mol. The number of esters is 3. The topological polar surface area (TPSA) is 149 Å². The zero-order valence-electron chi connectivity index (χ0n) is 17.0. The second-order valence-corrected chi connectivity index (χ2v) is 5.95. The molecular formula is C19H17N5O7. The smallest absolute Gasteiger partial charge is 0.377 e. The Morgan fingerprint density at radius 1 is 0.968 bits per heavy atom. The van der Waals surface area contributed by atoms with Gasteiger partial charge in [0.1, 0.15) is 16.8 Å². The van der Waals surface area contributed by atoms with Crippen LogP contribution in [0.5, 0.6) is 0 Å². The molecule has 0 aliphatic rings. The average molecular weight is 427 g/mol. The summed E-state index contributed by atoms with van der Waals surface area (Å²) in [5.41, 5.74) is -0.0620. The van der Waals surface area contributed by atoms with E-state index in [1.165, 1.54) is 18.8 Å². The molecule has 0 saturated carbocycles. The fraction of sp³-hybridized carbons (Fsp3) is 0.211. The average Bonchev–Trinajstić information content (AvgIpc) is 3.42. The van der Waals surface area contributed by atoms with Gasteiger partial charge in [-0.25, -0.2) is 19.1 Å². The Kier molecular flexibility index (Phi) is 6.19. The summed E-state index contributed by atoms with van der Waals surface area (Å²) in [5.74, 6) is -3.14. The van der Waals surface area contributed by atoms with Crippen LogP contribution in [-0.2, 0) is 26.1 Å². The molecule has 0 fully saturated rings. The predicted molar refractivity (Wildman–Crippen MR) is 102 cm³/mol. The molecule has 0 atom stereocenters. The Morgan fingerprint density at radius 2 is 1.65 bits per heavy atom. The first-order valence-corrected chi connectivity index (χ1v) is 8.71. The van der Waals surface area contributed by atoms with E-state index < -0.39 is 23.7 Å². The van der Waals surface area contributed by atoms with Crippen LogP contribution in [0.15, 0.2) is 34.9 Å². The summed E-state index contributed by atoms with van der Waals surface area (Å²) in [6, 6.07) is 8.49. The molecule has 0 N–H and O–H groups in total. The Morgan fingerprint density at radius 3 is 2.19 bits per heavy atom. The van der Waals surface area contributed by atoms with Gasteiger partial charge in [-0.2, -0.15) is 0 Å². The number of aryl methyl sites for hydroxylation is 1. The van der Waals surface area contributed by atoms with Crippen LogP contribution in [0.25, 0.3) is 11.1 Å². The van der Waals surface area contributed by atoms with Crippen LogP contribution in [0.1, 0.15) is 38.0 Å². The van der Waals surface area contributed by atoms with Gasteiger partial charge in [0.15, 0.2) is 5.82 Å². The molecule has 12 nitrogen and oxygen atoms in total. The van der Waals surface area contributed by atoms with Crippen LogP contribution in [0.2, 0.25) is 0 Å². The minimum atomic E-state index is -0.952. The summed E-state index contributed by atoms with van der Waals surface area (Å²) < 4.78 is 20.8. The SMILES string of the molecule is COC(=O)/C(=C(\c1ccccc1)c1noc(C(=O)OC)c1C(=O)OC)c1nnnn1C. The molecule has 0 aliphatic heterocycles. The van der Waals surface area contributed by atoms with Crippen LogP contribution >= 0.6 is 0 Å². The maximum absolute atomic E-state index is 12.8. The minimum Gasteiger partial charge on any atom is -0.465 e. The predicted octanol–water partition coefficient (Wildman–Crippen LogP) is 0.903. The van der Waals surface area contributed by atoms with Gasteiger partial charge >= 0.3 is 17.9 Å². The van der Waals surface area contributed by atoms with Crippen molar-refractivity contribution in [3.05, 3.63) is 58.7 Å². The second kappa shape index (κ2) is 8.98. The molecule has 0 spiro atoms. The van der Waals surface area contributed by atoms with Crippen molar-refractivity contribution in [2.75, 3.05) is 21.3 Å². The van der Waals surface area contributed by atoms with Crippen molar-refractivity contribution in [1.29, 1.82) is 0 Å². The molecule has 2 aromatic heterocycles. The van der Waals surface area contributed by atoms with Crippen LogP contribution < -0.4 is 0 Å². The lowest BCUT2D eigenvalue weighted by Gasteiger charge is -2.12. The highest BCUT2D eigenvalue weighted by molar-refractivity contribution is 6.26. The number of carbonyl (C=O) groups is 3. The number of methoxy groups -OCH3 is 3. The van der Waals surface area contributed by atoms with Gasteiger partial charge in [0.2, 0.25) is 0 Å². The largest absolute Gasteiger partial charge is 0.465 e. The number of tetrazole rings is 1. The lowest BCUT2D eigenvalue weighted by Crippen LogP contribution is -2.15. The number of ether oxygens (including phenoxy) is 3. The summed E-state index contributed by atoms with van der Waals surface area (Å²) >= 11 is 0. The number of rotatable bonds is 6. The first-order valence-electron chi connectivity index (χ1n) is 8.71. The Bertz CT molecular complexity index is 1160. The highest BCUT2D eigenvalue weighted by atomic mass is 16.6. The van der Waals surface area contributed by atoms with Crippen molar-refractivity contribution < 1.29 is 33.1 Å². The zero-order valence-corrected chi connectivity index (χ0v) is 17.0. The van der Waals surface area contributed by atoms with Gasteiger partial charge in [0, 0.05) is 12.6 Å². The van der Waals surface area contributed by atoms with Gasteiger partial charge in [-0.15, -0.1) is 5.10 Å². The van der Waals surface area contributed by atoms with E-state index in [0.29, 0.717) is 5.56 Å². The van der Waals surface area contributed by atoms with E-state index in [9.17, 15) is 14.4 Å². The van der Waals surface area contributed by atoms with E-state index >= 15 is 0 Å². The van der Waals surface area contributed by atoms with Crippen molar-refractivity contribution >= 4 is 29.1 Å².